The van der Waals surface area contributed by atoms with Crippen molar-refractivity contribution >= 4 is 37.5 Å². The summed E-state index contributed by atoms with van der Waals surface area (Å²) in [5.74, 6) is 0.735. The summed E-state index contributed by atoms with van der Waals surface area (Å²) in [5, 5.41) is 4.55. The molecular weight excluding hydrogens is 386 g/mol. The summed E-state index contributed by atoms with van der Waals surface area (Å²) in [7, 11) is 0. The third-order valence-corrected chi connectivity index (χ3v) is 4.82. The molecule has 0 unspecified atom stereocenters. The maximum atomic E-state index is 5.87. The molecule has 1 aromatic heterocycles. The number of rotatable bonds is 5. The van der Waals surface area contributed by atoms with E-state index in [1.165, 1.54) is 0 Å². The van der Waals surface area contributed by atoms with Gasteiger partial charge in [-0.2, -0.15) is 5.10 Å². The smallest absolute Gasteiger partial charge is 0.136 e. The van der Waals surface area contributed by atoms with Crippen LogP contribution < -0.4 is 10.5 Å². The van der Waals surface area contributed by atoms with Crippen LogP contribution in [-0.4, -0.2) is 9.78 Å². The molecule has 2 rings (SSSR count). The van der Waals surface area contributed by atoms with Crippen LogP contribution in [0.3, 0.4) is 0 Å². The van der Waals surface area contributed by atoms with Gasteiger partial charge in [-0.05, 0) is 57.3 Å². The highest BCUT2D eigenvalue weighted by Gasteiger charge is 2.15. The van der Waals surface area contributed by atoms with E-state index < -0.39 is 0 Å². The first-order valence-corrected chi connectivity index (χ1v) is 8.07. The average molecular weight is 403 g/mol. The Hall–Kier alpha value is -1.01. The van der Waals surface area contributed by atoms with Gasteiger partial charge in [0.2, 0.25) is 0 Å². The monoisotopic (exact) mass is 401 g/mol. The van der Waals surface area contributed by atoms with Crippen molar-refractivity contribution in [1.29, 1.82) is 0 Å². The molecule has 0 atom stereocenters. The lowest BCUT2D eigenvalue weighted by Gasteiger charge is -2.11. The predicted octanol–water partition coefficient (Wildman–Crippen LogP) is 4.15. The van der Waals surface area contributed by atoms with Gasteiger partial charge in [0.1, 0.15) is 12.4 Å². The molecule has 0 amide bonds. The fraction of sp³-hybridized carbons (Fsp3) is 0.357. The van der Waals surface area contributed by atoms with E-state index in [0.717, 1.165) is 39.0 Å². The quantitative estimate of drug-likeness (QED) is 0.764. The van der Waals surface area contributed by atoms with Crippen LogP contribution in [-0.2, 0) is 19.6 Å². The molecule has 0 aliphatic carbocycles. The van der Waals surface area contributed by atoms with Gasteiger partial charge in [0.05, 0.1) is 20.3 Å². The molecule has 0 fully saturated rings. The maximum Gasteiger partial charge on any atom is 0.136 e. The van der Waals surface area contributed by atoms with Crippen LogP contribution in [0.5, 0.6) is 5.75 Å². The van der Waals surface area contributed by atoms with Crippen LogP contribution in [0.4, 0.5) is 5.69 Å². The normalized spacial score (nSPS) is 10.8. The van der Waals surface area contributed by atoms with Crippen molar-refractivity contribution in [2.24, 2.45) is 0 Å². The highest BCUT2D eigenvalue weighted by molar-refractivity contribution is 9.11. The molecule has 4 nitrogen and oxygen atoms in total. The molecule has 1 aromatic carbocycles. The number of benzene rings is 1. The molecule has 20 heavy (non-hydrogen) atoms. The van der Waals surface area contributed by atoms with Gasteiger partial charge in [-0.15, -0.1) is 0 Å². The maximum absolute atomic E-state index is 5.87. The van der Waals surface area contributed by atoms with Gasteiger partial charge in [-0.25, -0.2) is 0 Å². The first-order chi connectivity index (χ1) is 9.58. The lowest BCUT2D eigenvalue weighted by Crippen LogP contribution is -2.07. The molecule has 1 heterocycles. The highest BCUT2D eigenvalue weighted by Crippen LogP contribution is 2.31. The molecule has 0 saturated carbocycles. The van der Waals surface area contributed by atoms with Crippen molar-refractivity contribution in [3.63, 3.8) is 0 Å². The zero-order valence-electron chi connectivity index (χ0n) is 11.5. The van der Waals surface area contributed by atoms with Gasteiger partial charge in [-0.3, -0.25) is 4.68 Å². The van der Waals surface area contributed by atoms with Crippen LogP contribution >= 0.6 is 31.9 Å². The van der Waals surface area contributed by atoms with E-state index in [1.807, 2.05) is 22.9 Å². The number of hydrogen-bond donors (Lipinski definition) is 1. The highest BCUT2D eigenvalue weighted by atomic mass is 79.9. The predicted molar refractivity (Wildman–Crippen MR) is 87.9 cm³/mol. The number of ether oxygens (including phenoxy) is 1. The fourth-order valence-corrected chi connectivity index (χ4v) is 3.00. The van der Waals surface area contributed by atoms with Crippen molar-refractivity contribution in [3.8, 4) is 5.75 Å². The second-order valence-corrected chi connectivity index (χ2v) is 5.91. The minimum absolute atomic E-state index is 0.448. The van der Waals surface area contributed by atoms with E-state index in [0.29, 0.717) is 12.3 Å². The summed E-state index contributed by atoms with van der Waals surface area (Å²) in [5.41, 5.74) is 8.61. The average Bonchev–Trinajstić information content (AvgIpc) is 2.76. The second kappa shape index (κ2) is 6.63. The Labute approximate surface area is 135 Å². The number of nitrogens with zero attached hydrogens (tertiary/aromatic N) is 2. The Morgan fingerprint density at radius 1 is 1.25 bits per heavy atom. The first kappa shape index (κ1) is 15.4. The zero-order valence-corrected chi connectivity index (χ0v) is 14.7. The van der Waals surface area contributed by atoms with E-state index in [2.05, 4.69) is 50.8 Å². The number of hydrogen-bond acceptors (Lipinski definition) is 3. The Kier molecular flexibility index (Phi) is 5.10. The lowest BCUT2D eigenvalue weighted by molar-refractivity contribution is 0.290. The van der Waals surface area contributed by atoms with E-state index in [-0.39, 0.29) is 0 Å². The molecule has 0 saturated heterocycles. The molecule has 0 aliphatic heterocycles. The standard InChI is InChI=1S/C14H17Br2N3O/c1-3-10-14(16)11(19(4-2)18-10)8-20-12-7-5-6-9(17)13(12)15/h5-7H,3-4,8,17H2,1-2H3. The summed E-state index contributed by atoms with van der Waals surface area (Å²) < 4.78 is 9.64. The van der Waals surface area contributed by atoms with Gasteiger partial charge < -0.3 is 10.5 Å². The molecule has 2 aromatic rings. The van der Waals surface area contributed by atoms with E-state index in [1.54, 1.807) is 0 Å². The number of halogens is 2. The molecule has 108 valence electrons. The number of nitrogen functional groups attached to an aromatic ring is 1. The van der Waals surface area contributed by atoms with Crippen molar-refractivity contribution in [2.75, 3.05) is 5.73 Å². The minimum atomic E-state index is 0.448. The Balaban J connectivity index is 2.22. The summed E-state index contributed by atoms with van der Waals surface area (Å²) in [6.07, 6.45) is 0.891. The third kappa shape index (κ3) is 3.01. The molecule has 0 spiro atoms. The summed E-state index contributed by atoms with van der Waals surface area (Å²) in [6, 6.07) is 5.60. The Morgan fingerprint density at radius 2 is 2.00 bits per heavy atom. The van der Waals surface area contributed by atoms with Crippen LogP contribution in [0.25, 0.3) is 0 Å². The Bertz CT molecular complexity index is 611. The van der Waals surface area contributed by atoms with Gasteiger partial charge in [-0.1, -0.05) is 13.0 Å². The summed E-state index contributed by atoms with van der Waals surface area (Å²) in [6.45, 7) is 5.42. The van der Waals surface area contributed by atoms with Gasteiger partial charge in [0.25, 0.3) is 0 Å². The van der Waals surface area contributed by atoms with E-state index in [9.17, 15) is 0 Å². The lowest BCUT2D eigenvalue weighted by atomic mass is 10.3. The van der Waals surface area contributed by atoms with Crippen LogP contribution in [0.15, 0.2) is 27.1 Å². The number of anilines is 1. The van der Waals surface area contributed by atoms with Gasteiger partial charge >= 0.3 is 0 Å². The first-order valence-electron chi connectivity index (χ1n) is 6.49. The second-order valence-electron chi connectivity index (χ2n) is 4.32. The van der Waals surface area contributed by atoms with E-state index >= 15 is 0 Å². The molecular formula is C14H17Br2N3O. The van der Waals surface area contributed by atoms with Gasteiger partial charge in [0.15, 0.2) is 0 Å². The van der Waals surface area contributed by atoms with Crippen molar-refractivity contribution in [3.05, 3.63) is 38.5 Å². The molecule has 0 radical (unpaired) electrons. The van der Waals surface area contributed by atoms with Crippen molar-refractivity contribution in [2.45, 2.75) is 33.4 Å². The Morgan fingerprint density at radius 3 is 2.65 bits per heavy atom. The van der Waals surface area contributed by atoms with Crippen LogP contribution in [0.1, 0.15) is 25.2 Å². The molecule has 6 heteroatoms. The summed E-state index contributed by atoms with van der Waals surface area (Å²) in [4.78, 5) is 0. The zero-order chi connectivity index (χ0) is 14.7. The van der Waals surface area contributed by atoms with Crippen LogP contribution in [0.2, 0.25) is 0 Å². The number of aromatic nitrogens is 2. The molecule has 0 aliphatic rings. The summed E-state index contributed by atoms with van der Waals surface area (Å²) >= 11 is 7.05. The largest absolute Gasteiger partial charge is 0.486 e. The fourth-order valence-electron chi connectivity index (χ4n) is 1.94. The number of aryl methyl sites for hydroxylation is 2. The minimum Gasteiger partial charge on any atom is -0.486 e. The topological polar surface area (TPSA) is 53.1 Å². The van der Waals surface area contributed by atoms with Crippen LogP contribution in [0, 0.1) is 0 Å². The number of nitrogens with two attached hydrogens (primary N) is 1. The third-order valence-electron chi connectivity index (χ3n) is 3.05. The molecule has 0 bridgehead atoms. The SMILES string of the molecule is CCc1nn(CC)c(COc2cccc(N)c2Br)c1Br. The van der Waals surface area contributed by atoms with Gasteiger partial charge in [0, 0.05) is 12.2 Å². The van der Waals surface area contributed by atoms with Crippen molar-refractivity contribution < 1.29 is 4.74 Å². The molecule has 2 N–H and O–H groups in total. The van der Waals surface area contributed by atoms with E-state index in [4.69, 9.17) is 10.5 Å². The van der Waals surface area contributed by atoms with Crippen molar-refractivity contribution in [1.82, 2.24) is 9.78 Å².